The van der Waals surface area contributed by atoms with Gasteiger partial charge in [-0.2, -0.15) is 0 Å². The molecule has 1 amide bonds. The number of anilines is 1. The van der Waals surface area contributed by atoms with Crippen LogP contribution in [0.1, 0.15) is 10.4 Å². The first-order valence-electron chi connectivity index (χ1n) is 8.21. The number of imidazole rings is 1. The van der Waals surface area contributed by atoms with Crippen LogP contribution in [0.5, 0.6) is 0 Å². The second-order valence-electron chi connectivity index (χ2n) is 5.99. The lowest BCUT2D eigenvalue weighted by atomic mass is 10.1. The number of nitrogens with zero attached hydrogens (tertiary/aromatic N) is 2. The van der Waals surface area contributed by atoms with Crippen molar-refractivity contribution < 1.29 is 4.79 Å². The van der Waals surface area contributed by atoms with Crippen molar-refractivity contribution in [2.24, 2.45) is 7.05 Å². The van der Waals surface area contributed by atoms with Crippen molar-refractivity contribution in [3.05, 3.63) is 83.4 Å². The summed E-state index contributed by atoms with van der Waals surface area (Å²) in [4.78, 5) is 17.0. The monoisotopic (exact) mass is 361 g/mol. The molecule has 1 aromatic heterocycles. The molecule has 0 aliphatic heterocycles. The summed E-state index contributed by atoms with van der Waals surface area (Å²) in [5.41, 5.74) is 4.19. The van der Waals surface area contributed by atoms with E-state index in [1.54, 1.807) is 24.3 Å². The van der Waals surface area contributed by atoms with Crippen LogP contribution in [0.25, 0.3) is 22.4 Å². The Bertz CT molecular complexity index is 1100. The predicted molar refractivity (Wildman–Crippen MR) is 106 cm³/mol. The fourth-order valence-electron chi connectivity index (χ4n) is 2.95. The minimum atomic E-state index is -0.230. The largest absolute Gasteiger partial charge is 0.327 e. The summed E-state index contributed by atoms with van der Waals surface area (Å²) in [6.07, 6.45) is 0. The van der Waals surface area contributed by atoms with E-state index in [4.69, 9.17) is 16.6 Å². The number of aromatic nitrogens is 2. The van der Waals surface area contributed by atoms with Gasteiger partial charge in [0.15, 0.2) is 0 Å². The molecule has 4 rings (SSSR count). The van der Waals surface area contributed by atoms with Crippen LogP contribution in [0.3, 0.4) is 0 Å². The van der Waals surface area contributed by atoms with Crippen molar-refractivity contribution in [2.45, 2.75) is 0 Å². The van der Waals surface area contributed by atoms with E-state index in [-0.39, 0.29) is 5.91 Å². The van der Waals surface area contributed by atoms with Crippen molar-refractivity contribution in [1.82, 2.24) is 9.55 Å². The van der Waals surface area contributed by atoms with Crippen LogP contribution >= 0.6 is 11.6 Å². The van der Waals surface area contributed by atoms with Crippen molar-refractivity contribution in [1.29, 1.82) is 0 Å². The van der Waals surface area contributed by atoms with E-state index in [0.29, 0.717) is 16.3 Å². The number of para-hydroxylation sites is 2. The average molecular weight is 362 g/mol. The molecule has 0 fully saturated rings. The molecule has 26 heavy (non-hydrogen) atoms. The van der Waals surface area contributed by atoms with Crippen molar-refractivity contribution >= 4 is 34.2 Å². The molecular formula is C21H16ClN3O. The third-order valence-corrected chi connectivity index (χ3v) is 4.64. The van der Waals surface area contributed by atoms with E-state index in [9.17, 15) is 4.79 Å². The number of aryl methyl sites for hydroxylation is 1. The van der Waals surface area contributed by atoms with Gasteiger partial charge in [0.1, 0.15) is 5.82 Å². The first-order valence-corrected chi connectivity index (χ1v) is 8.59. The average Bonchev–Trinajstić information content (AvgIpc) is 3.00. The third-order valence-electron chi connectivity index (χ3n) is 4.31. The van der Waals surface area contributed by atoms with Crippen LogP contribution in [0, 0.1) is 0 Å². The SMILES string of the molecule is Cn1c(-c2ccc(NC(=O)c3ccccc3Cl)cc2)nc2ccccc21. The maximum Gasteiger partial charge on any atom is 0.257 e. The molecule has 0 saturated heterocycles. The topological polar surface area (TPSA) is 46.9 Å². The van der Waals surface area contributed by atoms with Gasteiger partial charge < -0.3 is 9.88 Å². The summed E-state index contributed by atoms with van der Waals surface area (Å²) in [7, 11) is 2.00. The first kappa shape index (κ1) is 16.4. The Morgan fingerprint density at radius 3 is 2.38 bits per heavy atom. The molecule has 1 heterocycles. The maximum absolute atomic E-state index is 12.3. The standard InChI is InChI=1S/C21H16ClN3O/c1-25-19-9-5-4-8-18(19)24-20(25)14-10-12-15(13-11-14)23-21(26)16-6-2-3-7-17(16)22/h2-13H,1H3,(H,23,26). The Balaban J connectivity index is 1.59. The second-order valence-corrected chi connectivity index (χ2v) is 6.40. The van der Waals surface area contributed by atoms with Crippen LogP contribution < -0.4 is 5.32 Å². The van der Waals surface area contributed by atoms with Gasteiger partial charge in [-0.1, -0.05) is 35.9 Å². The minimum absolute atomic E-state index is 0.230. The van der Waals surface area contributed by atoms with Gasteiger partial charge in [-0.05, 0) is 48.5 Å². The van der Waals surface area contributed by atoms with E-state index >= 15 is 0 Å². The number of benzene rings is 3. The summed E-state index contributed by atoms with van der Waals surface area (Å²) < 4.78 is 2.06. The summed E-state index contributed by atoms with van der Waals surface area (Å²) in [6, 6.07) is 22.6. The van der Waals surface area contributed by atoms with Crippen molar-refractivity contribution in [3.8, 4) is 11.4 Å². The molecule has 1 N–H and O–H groups in total. The van der Waals surface area contributed by atoms with E-state index in [1.165, 1.54) is 0 Å². The highest BCUT2D eigenvalue weighted by molar-refractivity contribution is 6.34. The number of carbonyl (C=O) groups is 1. The van der Waals surface area contributed by atoms with Crippen LogP contribution in [0.4, 0.5) is 5.69 Å². The van der Waals surface area contributed by atoms with Gasteiger partial charge in [-0.3, -0.25) is 4.79 Å². The number of hydrogen-bond donors (Lipinski definition) is 1. The zero-order valence-corrected chi connectivity index (χ0v) is 14.9. The normalized spacial score (nSPS) is 10.8. The number of amides is 1. The zero-order valence-electron chi connectivity index (χ0n) is 14.1. The molecular weight excluding hydrogens is 346 g/mol. The lowest BCUT2D eigenvalue weighted by Crippen LogP contribution is -2.12. The van der Waals surface area contributed by atoms with Crippen LogP contribution in [-0.4, -0.2) is 15.5 Å². The molecule has 3 aromatic carbocycles. The third kappa shape index (κ3) is 2.95. The molecule has 0 saturated carbocycles. The van der Waals surface area contributed by atoms with Gasteiger partial charge in [-0.25, -0.2) is 4.98 Å². The van der Waals surface area contributed by atoms with Gasteiger partial charge in [0.05, 0.1) is 21.6 Å². The summed E-state index contributed by atoms with van der Waals surface area (Å²) in [6.45, 7) is 0. The van der Waals surface area contributed by atoms with Crippen LogP contribution in [0.15, 0.2) is 72.8 Å². The molecule has 0 unspecified atom stereocenters. The quantitative estimate of drug-likeness (QED) is 0.548. The lowest BCUT2D eigenvalue weighted by molar-refractivity contribution is 0.102. The first-order chi connectivity index (χ1) is 12.6. The molecule has 0 aliphatic carbocycles. The van der Waals surface area contributed by atoms with E-state index < -0.39 is 0 Å². The molecule has 4 nitrogen and oxygen atoms in total. The Kier molecular flexibility index (Phi) is 4.19. The lowest BCUT2D eigenvalue weighted by Gasteiger charge is -2.08. The Morgan fingerprint density at radius 1 is 0.962 bits per heavy atom. The Morgan fingerprint density at radius 2 is 1.65 bits per heavy atom. The van der Waals surface area contributed by atoms with E-state index in [2.05, 4.69) is 9.88 Å². The number of fused-ring (bicyclic) bond motifs is 1. The number of nitrogens with one attached hydrogen (secondary N) is 1. The number of hydrogen-bond acceptors (Lipinski definition) is 2. The summed E-state index contributed by atoms with van der Waals surface area (Å²) >= 11 is 6.07. The second kappa shape index (κ2) is 6.65. The summed E-state index contributed by atoms with van der Waals surface area (Å²) in [5.74, 6) is 0.654. The maximum atomic E-state index is 12.3. The highest BCUT2D eigenvalue weighted by atomic mass is 35.5. The number of halogens is 1. The highest BCUT2D eigenvalue weighted by Crippen LogP contribution is 2.25. The molecule has 0 bridgehead atoms. The van der Waals surface area contributed by atoms with Gasteiger partial charge in [-0.15, -0.1) is 0 Å². The molecule has 128 valence electrons. The number of rotatable bonds is 3. The minimum Gasteiger partial charge on any atom is -0.327 e. The van der Waals surface area contributed by atoms with Gasteiger partial charge in [0.25, 0.3) is 5.91 Å². The van der Waals surface area contributed by atoms with Gasteiger partial charge in [0, 0.05) is 18.3 Å². The van der Waals surface area contributed by atoms with E-state index in [0.717, 1.165) is 22.4 Å². The zero-order chi connectivity index (χ0) is 18.1. The highest BCUT2D eigenvalue weighted by Gasteiger charge is 2.11. The molecule has 5 heteroatoms. The Hall–Kier alpha value is -3.11. The van der Waals surface area contributed by atoms with Crippen LogP contribution in [0.2, 0.25) is 5.02 Å². The molecule has 4 aromatic rings. The fraction of sp³-hybridized carbons (Fsp3) is 0.0476. The molecule has 0 aliphatic rings. The van der Waals surface area contributed by atoms with E-state index in [1.807, 2.05) is 55.6 Å². The van der Waals surface area contributed by atoms with Gasteiger partial charge in [0.2, 0.25) is 0 Å². The predicted octanol–water partition coefficient (Wildman–Crippen LogP) is 5.15. The molecule has 0 atom stereocenters. The van der Waals surface area contributed by atoms with Crippen LogP contribution in [-0.2, 0) is 7.05 Å². The smallest absolute Gasteiger partial charge is 0.257 e. The number of carbonyl (C=O) groups excluding carboxylic acids is 1. The van der Waals surface area contributed by atoms with Crippen molar-refractivity contribution in [2.75, 3.05) is 5.32 Å². The van der Waals surface area contributed by atoms with Gasteiger partial charge >= 0.3 is 0 Å². The molecule has 0 spiro atoms. The fourth-order valence-corrected chi connectivity index (χ4v) is 3.17. The Labute approximate surface area is 156 Å². The van der Waals surface area contributed by atoms with Crippen molar-refractivity contribution in [3.63, 3.8) is 0 Å². The summed E-state index contributed by atoms with van der Waals surface area (Å²) in [5, 5.41) is 3.30. The molecule has 0 radical (unpaired) electrons.